The second-order valence-corrected chi connectivity index (χ2v) is 6.31. The van der Waals surface area contributed by atoms with Gasteiger partial charge in [0.1, 0.15) is 5.76 Å². The van der Waals surface area contributed by atoms with Crippen LogP contribution in [0.4, 0.5) is 0 Å². The number of carboxylic acids is 1. The molecule has 0 aromatic carbocycles. The fourth-order valence-electron chi connectivity index (χ4n) is 3.73. The van der Waals surface area contributed by atoms with E-state index in [1.54, 1.807) is 6.26 Å². The number of likely N-dealkylation sites (tertiary alicyclic amines) is 2. The van der Waals surface area contributed by atoms with E-state index in [2.05, 4.69) is 16.8 Å². The lowest BCUT2D eigenvalue weighted by Gasteiger charge is -2.40. The number of nitrogens with zero attached hydrogens (tertiary/aromatic N) is 2. The Morgan fingerprint density at radius 1 is 1.50 bits per heavy atom. The molecule has 0 saturated carbocycles. The van der Waals surface area contributed by atoms with Crippen molar-refractivity contribution in [1.82, 2.24) is 9.80 Å². The molecule has 0 unspecified atom stereocenters. The molecule has 0 radical (unpaired) electrons. The second kappa shape index (κ2) is 5.22. The maximum Gasteiger partial charge on any atom is 0.308 e. The van der Waals surface area contributed by atoms with Crippen LogP contribution in [0.3, 0.4) is 0 Å². The maximum absolute atomic E-state index is 11.6. The fourth-order valence-corrected chi connectivity index (χ4v) is 3.73. The van der Waals surface area contributed by atoms with Crippen LogP contribution < -0.4 is 0 Å². The number of hydrogen-bond donors (Lipinski definition) is 1. The summed E-state index contributed by atoms with van der Waals surface area (Å²) in [7, 11) is 2.11. The SMILES string of the molecule is CN1CCC2(CC1)CN(Cc1ccco1)C[C@@H]2C(=O)O. The minimum atomic E-state index is -0.642. The minimum Gasteiger partial charge on any atom is -0.481 e. The molecule has 1 atom stereocenters. The third kappa shape index (κ3) is 2.47. The summed E-state index contributed by atoms with van der Waals surface area (Å²) < 4.78 is 5.39. The van der Waals surface area contributed by atoms with Crippen LogP contribution in [0.5, 0.6) is 0 Å². The summed E-state index contributed by atoms with van der Waals surface area (Å²) in [6.45, 7) is 4.23. The Labute approximate surface area is 119 Å². The van der Waals surface area contributed by atoms with Crippen molar-refractivity contribution in [3.05, 3.63) is 24.2 Å². The largest absolute Gasteiger partial charge is 0.481 e. The van der Waals surface area contributed by atoms with E-state index in [0.29, 0.717) is 13.1 Å². The van der Waals surface area contributed by atoms with Gasteiger partial charge in [0.05, 0.1) is 18.7 Å². The molecule has 20 heavy (non-hydrogen) atoms. The lowest BCUT2D eigenvalue weighted by atomic mass is 9.71. The molecule has 1 spiro atoms. The van der Waals surface area contributed by atoms with Gasteiger partial charge in [0.15, 0.2) is 0 Å². The molecule has 5 nitrogen and oxygen atoms in total. The Bertz CT molecular complexity index is 463. The molecule has 0 aliphatic carbocycles. The van der Waals surface area contributed by atoms with E-state index in [0.717, 1.165) is 38.2 Å². The Morgan fingerprint density at radius 3 is 2.85 bits per heavy atom. The van der Waals surface area contributed by atoms with Crippen LogP contribution in [-0.4, -0.2) is 54.1 Å². The van der Waals surface area contributed by atoms with E-state index in [-0.39, 0.29) is 11.3 Å². The summed E-state index contributed by atoms with van der Waals surface area (Å²) in [5, 5.41) is 9.58. The summed E-state index contributed by atoms with van der Waals surface area (Å²) in [5.74, 6) is 0.0294. The van der Waals surface area contributed by atoms with Gasteiger partial charge in [-0.05, 0) is 45.1 Å². The van der Waals surface area contributed by atoms with Crippen LogP contribution >= 0.6 is 0 Å². The summed E-state index contributed by atoms with van der Waals surface area (Å²) in [6.07, 6.45) is 3.63. The first-order valence-corrected chi connectivity index (χ1v) is 7.25. The maximum atomic E-state index is 11.6. The molecule has 3 rings (SSSR count). The molecule has 2 saturated heterocycles. The number of aliphatic carboxylic acids is 1. The van der Waals surface area contributed by atoms with E-state index in [4.69, 9.17) is 4.42 Å². The van der Waals surface area contributed by atoms with Gasteiger partial charge < -0.3 is 14.4 Å². The van der Waals surface area contributed by atoms with Crippen LogP contribution in [0, 0.1) is 11.3 Å². The lowest BCUT2D eigenvalue weighted by Crippen LogP contribution is -2.44. The number of rotatable bonds is 3. The molecular formula is C15H22N2O3. The van der Waals surface area contributed by atoms with Gasteiger partial charge in [-0.3, -0.25) is 9.69 Å². The number of carboxylic acid groups (broad SMARTS) is 1. The molecule has 1 N–H and O–H groups in total. The van der Waals surface area contributed by atoms with Gasteiger partial charge in [0, 0.05) is 18.5 Å². The zero-order valence-corrected chi connectivity index (χ0v) is 11.9. The Hall–Kier alpha value is -1.33. The van der Waals surface area contributed by atoms with Crippen LogP contribution in [-0.2, 0) is 11.3 Å². The van der Waals surface area contributed by atoms with Crippen molar-refractivity contribution >= 4 is 5.97 Å². The molecule has 1 aromatic heterocycles. The van der Waals surface area contributed by atoms with Gasteiger partial charge in [-0.15, -0.1) is 0 Å². The van der Waals surface area contributed by atoms with Crippen molar-refractivity contribution in [3.8, 4) is 0 Å². The first kappa shape index (κ1) is 13.6. The van der Waals surface area contributed by atoms with Crippen LogP contribution in [0.15, 0.2) is 22.8 Å². The van der Waals surface area contributed by atoms with Crippen molar-refractivity contribution in [1.29, 1.82) is 0 Å². The molecule has 5 heteroatoms. The standard InChI is InChI=1S/C15H22N2O3/c1-16-6-4-15(5-7-16)11-17(10-13(15)14(18)19)9-12-3-2-8-20-12/h2-3,8,13H,4-7,9-11H2,1H3,(H,18,19)/t13-/m1/s1. The minimum absolute atomic E-state index is 0.0507. The van der Waals surface area contributed by atoms with Gasteiger partial charge in [-0.25, -0.2) is 0 Å². The average Bonchev–Trinajstić information content (AvgIpc) is 3.02. The van der Waals surface area contributed by atoms with Crippen molar-refractivity contribution in [2.75, 3.05) is 33.2 Å². The van der Waals surface area contributed by atoms with Gasteiger partial charge in [0.25, 0.3) is 0 Å². The Kier molecular flexibility index (Phi) is 3.56. The zero-order valence-electron chi connectivity index (χ0n) is 11.9. The number of furan rings is 1. The quantitative estimate of drug-likeness (QED) is 0.908. The summed E-state index contributed by atoms with van der Waals surface area (Å²) in [4.78, 5) is 16.2. The normalized spacial score (nSPS) is 27.1. The molecule has 2 aliphatic heterocycles. The summed E-state index contributed by atoms with van der Waals surface area (Å²) in [5.41, 5.74) is -0.0507. The molecule has 2 fully saturated rings. The van der Waals surface area contributed by atoms with E-state index >= 15 is 0 Å². The highest BCUT2D eigenvalue weighted by Crippen LogP contribution is 2.45. The fraction of sp³-hybridized carbons (Fsp3) is 0.667. The van der Waals surface area contributed by atoms with E-state index in [1.807, 2.05) is 12.1 Å². The average molecular weight is 278 g/mol. The molecule has 0 amide bonds. The van der Waals surface area contributed by atoms with Crippen molar-refractivity contribution < 1.29 is 14.3 Å². The molecule has 0 bridgehead atoms. The first-order chi connectivity index (χ1) is 9.59. The number of carbonyl (C=O) groups is 1. The van der Waals surface area contributed by atoms with Crippen LogP contribution in [0.25, 0.3) is 0 Å². The molecule has 2 aliphatic rings. The van der Waals surface area contributed by atoms with Crippen molar-refractivity contribution in [3.63, 3.8) is 0 Å². The zero-order chi connectivity index (χ0) is 14.2. The smallest absolute Gasteiger partial charge is 0.308 e. The lowest BCUT2D eigenvalue weighted by molar-refractivity contribution is -0.145. The van der Waals surface area contributed by atoms with Crippen molar-refractivity contribution in [2.24, 2.45) is 11.3 Å². The van der Waals surface area contributed by atoms with E-state index in [1.165, 1.54) is 0 Å². The highest BCUT2D eigenvalue weighted by molar-refractivity contribution is 5.72. The Morgan fingerprint density at radius 2 is 2.25 bits per heavy atom. The first-order valence-electron chi connectivity index (χ1n) is 7.25. The molecule has 110 valence electrons. The molecular weight excluding hydrogens is 256 g/mol. The monoisotopic (exact) mass is 278 g/mol. The topological polar surface area (TPSA) is 56.9 Å². The predicted octanol–water partition coefficient (Wildman–Crippen LogP) is 1.51. The predicted molar refractivity (Wildman–Crippen MR) is 74.3 cm³/mol. The Balaban J connectivity index is 1.74. The van der Waals surface area contributed by atoms with Crippen LogP contribution in [0.1, 0.15) is 18.6 Å². The van der Waals surface area contributed by atoms with Gasteiger partial charge >= 0.3 is 5.97 Å². The highest BCUT2D eigenvalue weighted by Gasteiger charge is 2.50. The van der Waals surface area contributed by atoms with Crippen LogP contribution in [0.2, 0.25) is 0 Å². The molecule has 1 aromatic rings. The molecule has 3 heterocycles. The van der Waals surface area contributed by atoms with Gasteiger partial charge in [-0.2, -0.15) is 0 Å². The number of hydrogen-bond acceptors (Lipinski definition) is 4. The van der Waals surface area contributed by atoms with Gasteiger partial charge in [0.2, 0.25) is 0 Å². The summed E-state index contributed by atoms with van der Waals surface area (Å²) >= 11 is 0. The van der Waals surface area contributed by atoms with E-state index in [9.17, 15) is 9.90 Å². The van der Waals surface area contributed by atoms with Crippen molar-refractivity contribution in [2.45, 2.75) is 19.4 Å². The summed E-state index contributed by atoms with van der Waals surface area (Å²) in [6, 6.07) is 3.83. The number of piperidine rings is 1. The van der Waals surface area contributed by atoms with E-state index < -0.39 is 5.97 Å². The second-order valence-electron chi connectivity index (χ2n) is 6.31. The van der Waals surface area contributed by atoms with Gasteiger partial charge in [-0.1, -0.05) is 0 Å². The highest BCUT2D eigenvalue weighted by atomic mass is 16.4. The third-order valence-corrected chi connectivity index (χ3v) is 4.96. The third-order valence-electron chi connectivity index (χ3n) is 4.96.